The highest BCUT2D eigenvalue weighted by Crippen LogP contribution is 2.34. The first-order chi connectivity index (χ1) is 19.5. The molecule has 1 saturated heterocycles. The number of amides is 2. The number of alkyl halides is 3. The Hall–Kier alpha value is -2.99. The molecule has 1 aromatic carbocycles. The van der Waals surface area contributed by atoms with Crippen molar-refractivity contribution in [3.05, 3.63) is 29.8 Å². The highest BCUT2D eigenvalue weighted by atomic mass is 19.4. The molecule has 1 saturated carbocycles. The predicted molar refractivity (Wildman–Crippen MR) is 147 cm³/mol. The van der Waals surface area contributed by atoms with E-state index in [1.807, 2.05) is 0 Å². The molecule has 2 aliphatic rings. The van der Waals surface area contributed by atoms with Gasteiger partial charge in [-0.1, -0.05) is 37.8 Å². The number of ketones is 2. The maximum atomic E-state index is 13.7. The minimum absolute atomic E-state index is 0.128. The first kappa shape index (κ1) is 33.5. The van der Waals surface area contributed by atoms with Gasteiger partial charge in [0.25, 0.3) is 0 Å². The van der Waals surface area contributed by atoms with Crippen molar-refractivity contribution in [3.63, 3.8) is 0 Å². The Balaban J connectivity index is 1.74. The van der Waals surface area contributed by atoms with E-state index in [0.717, 1.165) is 31.2 Å². The number of rotatable bonds is 15. The lowest BCUT2D eigenvalue weighted by Gasteiger charge is -2.27. The number of Topliss-reactive ketones (excluding diaryl/α,β-unsaturated/α-hetero) is 2. The predicted octanol–water partition coefficient (Wildman–Crippen LogP) is 3.44. The Kier molecular flexibility index (Phi) is 10.8. The summed E-state index contributed by atoms with van der Waals surface area (Å²) in [5.74, 6) is -2.52. The summed E-state index contributed by atoms with van der Waals surface area (Å²) < 4.78 is 49.5. The van der Waals surface area contributed by atoms with Gasteiger partial charge < -0.3 is 25.2 Å². The molecule has 5 atom stereocenters. The van der Waals surface area contributed by atoms with E-state index >= 15 is 0 Å². The molecule has 1 aromatic rings. The van der Waals surface area contributed by atoms with Gasteiger partial charge >= 0.3 is 6.18 Å². The van der Waals surface area contributed by atoms with Crippen LogP contribution in [0.25, 0.3) is 0 Å². The van der Waals surface area contributed by atoms with Crippen LogP contribution in [0.4, 0.5) is 13.2 Å². The molecule has 3 rings (SSSR count). The van der Waals surface area contributed by atoms with Gasteiger partial charge in [0, 0.05) is 12.3 Å². The molecule has 1 unspecified atom stereocenters. The van der Waals surface area contributed by atoms with Crippen LogP contribution in [0.15, 0.2) is 24.3 Å². The number of methoxy groups -OCH3 is 1. The first-order valence-corrected chi connectivity index (χ1v) is 14.3. The largest absolute Gasteiger partial charge is 0.497 e. The Morgan fingerprint density at radius 2 is 1.71 bits per heavy atom. The standard InChI is InChI=1S/C30H41F3N2O7/c1-18(34-25(37)16-29(3,40)30(31,32)33)24(36)15-21(13-20-9-11-22(41-4)12-10-20)27(39)35-23(14-19-7-5-6-8-19)26(38)28(2)17-42-28/h9-12,18-19,21,23,40H,5-8,13-17H2,1-4H3,(H,34,37)(H,35,39)/t18-,21-,23+,28-,29?/m1/s1. The summed E-state index contributed by atoms with van der Waals surface area (Å²) in [6, 6.07) is 4.90. The summed E-state index contributed by atoms with van der Waals surface area (Å²) in [6.45, 7) is 3.74. The lowest BCUT2D eigenvalue weighted by Crippen LogP contribution is -2.50. The summed E-state index contributed by atoms with van der Waals surface area (Å²) in [6.07, 6.45) is -2.01. The Morgan fingerprint density at radius 1 is 1.12 bits per heavy atom. The molecular formula is C30H41F3N2O7. The number of hydrogen-bond acceptors (Lipinski definition) is 7. The van der Waals surface area contributed by atoms with Gasteiger partial charge in [-0.25, -0.2) is 0 Å². The van der Waals surface area contributed by atoms with Crippen molar-refractivity contribution in [1.82, 2.24) is 10.6 Å². The number of nitrogens with one attached hydrogen (secondary N) is 2. The summed E-state index contributed by atoms with van der Waals surface area (Å²) in [5.41, 5.74) is -3.49. The third kappa shape index (κ3) is 9.00. The van der Waals surface area contributed by atoms with Crippen LogP contribution in [0.3, 0.4) is 0 Å². The van der Waals surface area contributed by atoms with E-state index in [0.29, 0.717) is 19.1 Å². The highest BCUT2D eigenvalue weighted by molar-refractivity contribution is 5.98. The van der Waals surface area contributed by atoms with Crippen LogP contribution >= 0.6 is 0 Å². The molecule has 3 N–H and O–H groups in total. The molecule has 2 amide bonds. The molecule has 0 radical (unpaired) electrons. The number of hydrogen-bond donors (Lipinski definition) is 3. The Morgan fingerprint density at radius 3 is 2.24 bits per heavy atom. The van der Waals surface area contributed by atoms with Gasteiger partial charge in [0.05, 0.1) is 32.2 Å². The van der Waals surface area contributed by atoms with Gasteiger partial charge in [-0.2, -0.15) is 13.2 Å². The van der Waals surface area contributed by atoms with Crippen LogP contribution in [0, 0.1) is 11.8 Å². The van der Waals surface area contributed by atoms with Crippen LogP contribution in [0.2, 0.25) is 0 Å². The van der Waals surface area contributed by atoms with Crippen molar-refractivity contribution < 1.29 is 46.9 Å². The maximum absolute atomic E-state index is 13.7. The van der Waals surface area contributed by atoms with Gasteiger partial charge in [0.2, 0.25) is 11.8 Å². The van der Waals surface area contributed by atoms with E-state index < -0.39 is 59.4 Å². The smallest absolute Gasteiger partial charge is 0.417 e. The highest BCUT2D eigenvalue weighted by Gasteiger charge is 2.52. The van der Waals surface area contributed by atoms with Crippen molar-refractivity contribution in [3.8, 4) is 5.75 Å². The number of halogens is 3. The molecule has 1 heterocycles. The van der Waals surface area contributed by atoms with Gasteiger partial charge in [0.1, 0.15) is 11.4 Å². The molecule has 0 aromatic heterocycles. The second kappa shape index (κ2) is 13.5. The number of carbonyl (C=O) groups is 4. The van der Waals surface area contributed by atoms with Crippen LogP contribution in [0.5, 0.6) is 5.75 Å². The topological polar surface area (TPSA) is 134 Å². The summed E-state index contributed by atoms with van der Waals surface area (Å²) in [7, 11) is 1.51. The van der Waals surface area contributed by atoms with E-state index in [4.69, 9.17) is 9.47 Å². The molecule has 1 aliphatic carbocycles. The fourth-order valence-electron chi connectivity index (χ4n) is 5.23. The zero-order valence-electron chi connectivity index (χ0n) is 24.5. The molecule has 0 bridgehead atoms. The van der Waals surface area contributed by atoms with Crippen molar-refractivity contribution in [2.24, 2.45) is 11.8 Å². The van der Waals surface area contributed by atoms with Crippen LogP contribution < -0.4 is 15.4 Å². The number of aliphatic hydroxyl groups is 1. The summed E-state index contributed by atoms with van der Waals surface area (Å²) in [4.78, 5) is 52.3. The summed E-state index contributed by atoms with van der Waals surface area (Å²) in [5, 5.41) is 14.7. The van der Waals surface area contributed by atoms with E-state index in [-0.39, 0.29) is 31.1 Å². The average Bonchev–Trinajstić information content (AvgIpc) is 3.45. The average molecular weight is 599 g/mol. The van der Waals surface area contributed by atoms with Crippen LogP contribution in [-0.2, 0) is 30.3 Å². The number of carbonyl (C=O) groups excluding carboxylic acids is 4. The monoisotopic (exact) mass is 598 g/mol. The van der Waals surface area contributed by atoms with Gasteiger partial charge in [-0.15, -0.1) is 0 Å². The summed E-state index contributed by atoms with van der Waals surface area (Å²) >= 11 is 0. The second-order valence-electron chi connectivity index (χ2n) is 12.0. The van der Waals surface area contributed by atoms with Crippen molar-refractivity contribution in [1.29, 1.82) is 0 Å². The van der Waals surface area contributed by atoms with Crippen molar-refractivity contribution >= 4 is 23.4 Å². The molecule has 1 aliphatic heterocycles. The molecule has 0 spiro atoms. The minimum atomic E-state index is -5.03. The molecular weight excluding hydrogens is 557 g/mol. The van der Waals surface area contributed by atoms with E-state index in [1.54, 1.807) is 31.2 Å². The van der Waals surface area contributed by atoms with E-state index in [2.05, 4.69) is 10.6 Å². The lowest BCUT2D eigenvalue weighted by atomic mass is 9.88. The first-order valence-electron chi connectivity index (χ1n) is 14.3. The normalized spacial score (nSPS) is 22.4. The SMILES string of the molecule is COc1ccc(C[C@H](CC(=O)[C@@H](C)NC(=O)CC(C)(O)C(F)(F)F)C(=O)N[C@@H](CC2CCCC2)C(=O)[C@@]2(C)CO2)cc1. The van der Waals surface area contributed by atoms with Crippen molar-refractivity contribution in [2.45, 2.75) is 102 Å². The zero-order valence-corrected chi connectivity index (χ0v) is 24.5. The quantitative estimate of drug-likeness (QED) is 0.263. The molecule has 2 fully saturated rings. The van der Waals surface area contributed by atoms with Crippen LogP contribution in [0.1, 0.15) is 71.3 Å². The third-order valence-electron chi connectivity index (χ3n) is 8.21. The third-order valence-corrected chi connectivity index (χ3v) is 8.21. The van der Waals surface area contributed by atoms with Crippen molar-refractivity contribution in [2.75, 3.05) is 13.7 Å². The number of epoxide rings is 1. The van der Waals surface area contributed by atoms with Crippen LogP contribution in [-0.4, -0.2) is 71.7 Å². The number of ether oxygens (including phenoxy) is 2. The van der Waals surface area contributed by atoms with E-state index in [9.17, 15) is 37.5 Å². The molecule has 9 nitrogen and oxygen atoms in total. The second-order valence-corrected chi connectivity index (χ2v) is 12.0. The number of benzene rings is 1. The van der Waals surface area contributed by atoms with Gasteiger partial charge in [-0.05, 0) is 57.2 Å². The van der Waals surface area contributed by atoms with E-state index in [1.165, 1.54) is 14.0 Å². The molecule has 42 heavy (non-hydrogen) atoms. The fourth-order valence-corrected chi connectivity index (χ4v) is 5.23. The van der Waals surface area contributed by atoms with Gasteiger partial charge in [0.15, 0.2) is 17.2 Å². The van der Waals surface area contributed by atoms with Gasteiger partial charge in [-0.3, -0.25) is 19.2 Å². The Bertz CT molecular complexity index is 1130. The molecule has 234 valence electrons. The fraction of sp³-hybridized carbons (Fsp3) is 0.667. The maximum Gasteiger partial charge on any atom is 0.417 e. The minimum Gasteiger partial charge on any atom is -0.497 e. The lowest BCUT2D eigenvalue weighted by molar-refractivity contribution is -0.253. The Labute approximate surface area is 243 Å². The zero-order chi connectivity index (χ0) is 31.3. The molecule has 12 heteroatoms.